The van der Waals surface area contributed by atoms with Gasteiger partial charge in [0.05, 0.1) is 0 Å². The lowest BCUT2D eigenvalue weighted by atomic mass is 9.71. The third-order valence-corrected chi connectivity index (χ3v) is 5.37. The molecule has 1 saturated heterocycles. The summed E-state index contributed by atoms with van der Waals surface area (Å²) in [6.45, 7) is 13.1. The molecule has 0 amide bonds. The van der Waals surface area contributed by atoms with E-state index in [9.17, 15) is 5.11 Å². The first-order chi connectivity index (χ1) is 9.04. The Bertz CT molecular complexity index is 264. The second-order valence-corrected chi connectivity index (χ2v) is 7.25. The maximum Gasteiger partial charge on any atom is 0.0499 e. The van der Waals surface area contributed by atoms with Gasteiger partial charge in [0.1, 0.15) is 0 Å². The number of rotatable bonds is 4. The van der Waals surface area contributed by atoms with Gasteiger partial charge in [-0.1, -0.05) is 19.8 Å². The normalized spacial score (nSPS) is 34.9. The first kappa shape index (κ1) is 15.3. The van der Waals surface area contributed by atoms with Crippen LogP contribution in [0.4, 0.5) is 0 Å². The van der Waals surface area contributed by atoms with Gasteiger partial charge in [0.2, 0.25) is 0 Å². The fourth-order valence-electron chi connectivity index (χ4n) is 3.65. The summed E-state index contributed by atoms with van der Waals surface area (Å²) < 4.78 is 0. The highest BCUT2D eigenvalue weighted by Gasteiger charge is 2.36. The zero-order valence-electron chi connectivity index (χ0n) is 13.1. The van der Waals surface area contributed by atoms with Gasteiger partial charge >= 0.3 is 0 Å². The van der Waals surface area contributed by atoms with Crippen LogP contribution in [0.15, 0.2) is 0 Å². The van der Waals surface area contributed by atoms with Gasteiger partial charge in [-0.05, 0) is 32.6 Å². The Morgan fingerprint density at radius 2 is 1.68 bits per heavy atom. The standard InChI is InChI=1S/C16H32N2O/c1-14(2)18-10-8-17(9-11-18)12-16(13-19)6-4-15(3)5-7-16/h14-15,19H,4-13H2,1-3H3. The van der Waals surface area contributed by atoms with E-state index < -0.39 is 0 Å². The van der Waals surface area contributed by atoms with E-state index in [1.165, 1.54) is 51.9 Å². The van der Waals surface area contributed by atoms with E-state index in [4.69, 9.17) is 0 Å². The zero-order chi connectivity index (χ0) is 13.9. The van der Waals surface area contributed by atoms with Gasteiger partial charge in [0.15, 0.2) is 0 Å². The van der Waals surface area contributed by atoms with Gasteiger partial charge in [0.25, 0.3) is 0 Å². The molecule has 0 aromatic heterocycles. The molecule has 0 spiro atoms. The van der Waals surface area contributed by atoms with Gasteiger partial charge in [-0.2, -0.15) is 0 Å². The molecule has 0 unspecified atom stereocenters. The van der Waals surface area contributed by atoms with Crippen LogP contribution in [0.2, 0.25) is 0 Å². The van der Waals surface area contributed by atoms with Crippen molar-refractivity contribution >= 4 is 0 Å². The minimum Gasteiger partial charge on any atom is -0.396 e. The zero-order valence-corrected chi connectivity index (χ0v) is 13.1. The van der Waals surface area contributed by atoms with Gasteiger partial charge in [-0.15, -0.1) is 0 Å². The average Bonchev–Trinajstić information content (AvgIpc) is 2.42. The van der Waals surface area contributed by atoms with Crippen molar-refractivity contribution in [1.82, 2.24) is 9.80 Å². The maximum absolute atomic E-state index is 9.86. The molecule has 0 aromatic rings. The molecule has 0 atom stereocenters. The highest BCUT2D eigenvalue weighted by atomic mass is 16.3. The van der Waals surface area contributed by atoms with Gasteiger partial charge in [-0.25, -0.2) is 0 Å². The van der Waals surface area contributed by atoms with E-state index in [1.807, 2.05) is 0 Å². The molecule has 0 aromatic carbocycles. The number of hydrogen-bond donors (Lipinski definition) is 1. The highest BCUT2D eigenvalue weighted by Crippen LogP contribution is 2.39. The van der Waals surface area contributed by atoms with Crippen molar-refractivity contribution in [2.45, 2.75) is 52.5 Å². The minimum absolute atomic E-state index is 0.201. The van der Waals surface area contributed by atoms with Gasteiger partial charge in [0, 0.05) is 50.8 Å². The quantitative estimate of drug-likeness (QED) is 0.847. The average molecular weight is 268 g/mol. The Hall–Kier alpha value is -0.120. The van der Waals surface area contributed by atoms with Crippen LogP contribution in [0.5, 0.6) is 0 Å². The van der Waals surface area contributed by atoms with Crippen LogP contribution in [-0.4, -0.2) is 60.3 Å². The third-order valence-electron chi connectivity index (χ3n) is 5.37. The summed E-state index contributed by atoms with van der Waals surface area (Å²) in [5, 5.41) is 9.86. The smallest absolute Gasteiger partial charge is 0.0499 e. The monoisotopic (exact) mass is 268 g/mol. The molecule has 1 saturated carbocycles. The lowest BCUT2D eigenvalue weighted by Crippen LogP contribution is -2.52. The fourth-order valence-corrected chi connectivity index (χ4v) is 3.65. The van der Waals surface area contributed by atoms with Crippen LogP contribution in [0.1, 0.15) is 46.5 Å². The fraction of sp³-hybridized carbons (Fsp3) is 1.00. The lowest BCUT2D eigenvalue weighted by Gasteiger charge is -2.44. The van der Waals surface area contributed by atoms with Crippen LogP contribution in [0.3, 0.4) is 0 Å². The lowest BCUT2D eigenvalue weighted by molar-refractivity contribution is 0.00922. The summed E-state index contributed by atoms with van der Waals surface area (Å²) in [5.41, 5.74) is 0.201. The van der Waals surface area contributed by atoms with E-state index >= 15 is 0 Å². The number of aliphatic hydroxyl groups is 1. The number of piperazine rings is 1. The summed E-state index contributed by atoms with van der Waals surface area (Å²) in [5.74, 6) is 0.859. The Balaban J connectivity index is 1.83. The van der Waals surface area contributed by atoms with Crippen molar-refractivity contribution in [2.75, 3.05) is 39.3 Å². The molecular weight excluding hydrogens is 236 g/mol. The van der Waals surface area contributed by atoms with Crippen molar-refractivity contribution in [3.05, 3.63) is 0 Å². The van der Waals surface area contributed by atoms with Crippen molar-refractivity contribution in [1.29, 1.82) is 0 Å². The van der Waals surface area contributed by atoms with Crippen LogP contribution >= 0.6 is 0 Å². The molecule has 1 aliphatic carbocycles. The SMILES string of the molecule is CC1CCC(CO)(CN2CCN(C(C)C)CC2)CC1. The largest absolute Gasteiger partial charge is 0.396 e. The predicted octanol–water partition coefficient (Wildman–Crippen LogP) is 2.20. The number of hydrogen-bond acceptors (Lipinski definition) is 3. The molecule has 1 N–H and O–H groups in total. The first-order valence-corrected chi connectivity index (χ1v) is 8.12. The molecular formula is C16H32N2O. The number of nitrogens with zero attached hydrogens (tertiary/aromatic N) is 2. The molecule has 2 aliphatic rings. The van der Waals surface area contributed by atoms with Crippen molar-refractivity contribution in [2.24, 2.45) is 11.3 Å². The second kappa shape index (κ2) is 6.55. The highest BCUT2D eigenvalue weighted by molar-refractivity contribution is 4.88. The predicted molar refractivity (Wildman–Crippen MR) is 80.3 cm³/mol. The number of aliphatic hydroxyl groups excluding tert-OH is 1. The van der Waals surface area contributed by atoms with Gasteiger partial charge in [-0.3, -0.25) is 4.90 Å². The molecule has 3 heteroatoms. The van der Waals surface area contributed by atoms with E-state index in [0.717, 1.165) is 12.5 Å². The maximum atomic E-state index is 9.86. The second-order valence-electron chi connectivity index (χ2n) is 7.25. The summed E-state index contributed by atoms with van der Waals surface area (Å²) in [7, 11) is 0. The molecule has 1 heterocycles. The van der Waals surface area contributed by atoms with Crippen molar-refractivity contribution in [3.63, 3.8) is 0 Å². The molecule has 2 rings (SSSR count). The summed E-state index contributed by atoms with van der Waals surface area (Å²) in [6.07, 6.45) is 5.03. The molecule has 112 valence electrons. The molecule has 0 bridgehead atoms. The Labute approximate surface area is 119 Å². The van der Waals surface area contributed by atoms with Crippen LogP contribution < -0.4 is 0 Å². The molecule has 19 heavy (non-hydrogen) atoms. The third kappa shape index (κ3) is 3.93. The van der Waals surface area contributed by atoms with Crippen molar-refractivity contribution < 1.29 is 5.11 Å². The van der Waals surface area contributed by atoms with E-state index in [0.29, 0.717) is 12.6 Å². The minimum atomic E-state index is 0.201. The Morgan fingerprint density at radius 1 is 1.11 bits per heavy atom. The van der Waals surface area contributed by atoms with Crippen LogP contribution in [0, 0.1) is 11.3 Å². The summed E-state index contributed by atoms with van der Waals surface area (Å²) in [4.78, 5) is 5.15. The molecule has 1 aliphatic heterocycles. The van der Waals surface area contributed by atoms with Gasteiger partial charge < -0.3 is 10.0 Å². The van der Waals surface area contributed by atoms with E-state index in [2.05, 4.69) is 30.6 Å². The summed E-state index contributed by atoms with van der Waals surface area (Å²) >= 11 is 0. The van der Waals surface area contributed by atoms with E-state index in [-0.39, 0.29) is 5.41 Å². The van der Waals surface area contributed by atoms with Crippen molar-refractivity contribution in [3.8, 4) is 0 Å². The van der Waals surface area contributed by atoms with Crippen LogP contribution in [0.25, 0.3) is 0 Å². The molecule has 3 nitrogen and oxygen atoms in total. The topological polar surface area (TPSA) is 26.7 Å². The Kier molecular flexibility index (Phi) is 5.27. The molecule has 0 radical (unpaired) electrons. The first-order valence-electron chi connectivity index (χ1n) is 8.12. The summed E-state index contributed by atoms with van der Waals surface area (Å²) in [6, 6.07) is 0.671. The Morgan fingerprint density at radius 3 is 2.16 bits per heavy atom. The van der Waals surface area contributed by atoms with Crippen LogP contribution in [-0.2, 0) is 0 Å². The molecule has 2 fully saturated rings. The van der Waals surface area contributed by atoms with E-state index in [1.54, 1.807) is 0 Å².